The van der Waals surface area contributed by atoms with Crippen molar-refractivity contribution in [2.45, 2.75) is 24.2 Å². The summed E-state index contributed by atoms with van der Waals surface area (Å²) >= 11 is 0. The summed E-state index contributed by atoms with van der Waals surface area (Å²) < 4.78 is 39.3. The van der Waals surface area contributed by atoms with Gasteiger partial charge in [0, 0.05) is 38.2 Å². The SMILES string of the molecule is O=C(Cc1ccccc1)c1ccc(CCCN2CCOCC2)c(S(=O)(=O)N2CCOCC2)c1. The zero-order chi connectivity index (χ0) is 23.1. The van der Waals surface area contributed by atoms with Gasteiger partial charge in [-0.05, 0) is 36.6 Å². The van der Waals surface area contributed by atoms with Gasteiger partial charge in [0.25, 0.3) is 0 Å². The molecule has 0 N–H and O–H groups in total. The molecule has 178 valence electrons. The van der Waals surface area contributed by atoms with E-state index >= 15 is 0 Å². The lowest BCUT2D eigenvalue weighted by Gasteiger charge is -2.28. The zero-order valence-electron chi connectivity index (χ0n) is 18.9. The molecule has 0 amide bonds. The van der Waals surface area contributed by atoms with E-state index in [1.165, 1.54) is 4.31 Å². The van der Waals surface area contributed by atoms with Crippen LogP contribution in [-0.2, 0) is 32.3 Å². The van der Waals surface area contributed by atoms with Gasteiger partial charge in [0.05, 0.1) is 31.3 Å². The van der Waals surface area contributed by atoms with Crippen molar-refractivity contribution in [3.05, 3.63) is 65.2 Å². The highest BCUT2D eigenvalue weighted by molar-refractivity contribution is 7.89. The monoisotopic (exact) mass is 472 g/mol. The molecule has 7 nitrogen and oxygen atoms in total. The summed E-state index contributed by atoms with van der Waals surface area (Å²) in [4.78, 5) is 15.6. The van der Waals surface area contributed by atoms with Crippen molar-refractivity contribution in [3.63, 3.8) is 0 Å². The van der Waals surface area contributed by atoms with Crippen LogP contribution < -0.4 is 0 Å². The molecule has 2 fully saturated rings. The third-order valence-corrected chi connectivity index (χ3v) is 8.19. The molecule has 0 unspecified atom stereocenters. The van der Waals surface area contributed by atoms with Crippen LogP contribution in [0.3, 0.4) is 0 Å². The highest BCUT2D eigenvalue weighted by Crippen LogP contribution is 2.25. The fourth-order valence-electron chi connectivity index (χ4n) is 4.30. The van der Waals surface area contributed by atoms with Gasteiger partial charge >= 0.3 is 0 Å². The maximum atomic E-state index is 13.5. The summed E-state index contributed by atoms with van der Waals surface area (Å²) in [5.41, 5.74) is 2.11. The molecule has 0 atom stereocenters. The Labute approximate surface area is 196 Å². The molecule has 2 heterocycles. The number of nitrogens with zero attached hydrogens (tertiary/aromatic N) is 2. The van der Waals surface area contributed by atoms with Crippen LogP contribution in [0.5, 0.6) is 0 Å². The number of carbonyl (C=O) groups is 1. The number of rotatable bonds is 9. The lowest BCUT2D eigenvalue weighted by atomic mass is 10.0. The molecule has 2 aliphatic rings. The van der Waals surface area contributed by atoms with E-state index in [4.69, 9.17) is 9.47 Å². The average molecular weight is 473 g/mol. The Hall–Kier alpha value is -2.10. The molecule has 2 aliphatic heterocycles. The number of hydrogen-bond donors (Lipinski definition) is 0. The van der Waals surface area contributed by atoms with Crippen LogP contribution in [0.25, 0.3) is 0 Å². The number of hydrogen-bond acceptors (Lipinski definition) is 6. The smallest absolute Gasteiger partial charge is 0.243 e. The van der Waals surface area contributed by atoms with Crippen molar-refractivity contribution in [1.29, 1.82) is 0 Å². The summed E-state index contributed by atoms with van der Waals surface area (Å²) in [5, 5.41) is 0. The van der Waals surface area contributed by atoms with E-state index in [9.17, 15) is 13.2 Å². The highest BCUT2D eigenvalue weighted by Gasteiger charge is 2.29. The number of carbonyl (C=O) groups excluding carboxylic acids is 1. The molecule has 0 spiro atoms. The Kier molecular flexibility index (Phi) is 8.27. The van der Waals surface area contributed by atoms with Gasteiger partial charge in [0.15, 0.2) is 5.78 Å². The average Bonchev–Trinajstić information content (AvgIpc) is 2.86. The molecule has 0 aliphatic carbocycles. The van der Waals surface area contributed by atoms with E-state index in [1.807, 2.05) is 36.4 Å². The second-order valence-corrected chi connectivity index (χ2v) is 10.4. The highest BCUT2D eigenvalue weighted by atomic mass is 32.2. The summed E-state index contributed by atoms with van der Waals surface area (Å²) in [6, 6.07) is 14.7. The number of benzene rings is 2. The van der Waals surface area contributed by atoms with Gasteiger partial charge in [-0.15, -0.1) is 0 Å². The fourth-order valence-corrected chi connectivity index (χ4v) is 5.99. The number of sulfonamides is 1. The van der Waals surface area contributed by atoms with Crippen molar-refractivity contribution in [1.82, 2.24) is 9.21 Å². The van der Waals surface area contributed by atoms with Crippen molar-refractivity contribution < 1.29 is 22.7 Å². The molecular formula is C25H32N2O5S. The number of aryl methyl sites for hydroxylation is 1. The topological polar surface area (TPSA) is 76.2 Å². The zero-order valence-corrected chi connectivity index (χ0v) is 19.8. The van der Waals surface area contributed by atoms with Crippen LogP contribution in [0.1, 0.15) is 27.9 Å². The minimum absolute atomic E-state index is 0.0838. The molecule has 0 saturated carbocycles. The lowest BCUT2D eigenvalue weighted by molar-refractivity contribution is 0.0374. The number of Topliss-reactive ketones (excluding diaryl/α,β-unsaturated/α-hetero) is 1. The molecule has 2 aromatic carbocycles. The molecular weight excluding hydrogens is 440 g/mol. The van der Waals surface area contributed by atoms with Crippen molar-refractivity contribution in [2.24, 2.45) is 0 Å². The van der Waals surface area contributed by atoms with Gasteiger partial charge in [-0.3, -0.25) is 9.69 Å². The first-order valence-corrected chi connectivity index (χ1v) is 13.1. The molecule has 33 heavy (non-hydrogen) atoms. The van der Waals surface area contributed by atoms with Gasteiger partial charge in [-0.25, -0.2) is 8.42 Å². The van der Waals surface area contributed by atoms with Crippen LogP contribution in [-0.4, -0.2) is 82.6 Å². The largest absolute Gasteiger partial charge is 0.379 e. The maximum Gasteiger partial charge on any atom is 0.243 e. The van der Waals surface area contributed by atoms with Crippen LogP contribution in [0.2, 0.25) is 0 Å². The van der Waals surface area contributed by atoms with Crippen LogP contribution >= 0.6 is 0 Å². The standard InChI is InChI=1S/C25H32N2O5S/c28-24(19-21-5-2-1-3-6-21)23-9-8-22(7-4-10-26-11-15-31-16-12-26)25(20-23)33(29,30)27-13-17-32-18-14-27/h1-3,5-6,8-9,20H,4,7,10-19H2. The van der Waals surface area contributed by atoms with E-state index in [2.05, 4.69) is 4.90 Å². The van der Waals surface area contributed by atoms with Gasteiger partial charge in [0.1, 0.15) is 0 Å². The molecule has 8 heteroatoms. The number of ketones is 1. The maximum absolute atomic E-state index is 13.5. The molecule has 4 rings (SSSR count). The Morgan fingerprint density at radius 2 is 1.55 bits per heavy atom. The predicted octanol–water partition coefficient (Wildman–Crippen LogP) is 2.40. The molecule has 2 aromatic rings. The second kappa shape index (κ2) is 11.4. The van der Waals surface area contributed by atoms with Crippen molar-refractivity contribution in [2.75, 3.05) is 59.2 Å². The lowest BCUT2D eigenvalue weighted by Crippen LogP contribution is -2.41. The van der Waals surface area contributed by atoms with E-state index in [0.717, 1.165) is 50.4 Å². The van der Waals surface area contributed by atoms with Crippen molar-refractivity contribution in [3.8, 4) is 0 Å². The van der Waals surface area contributed by atoms with E-state index in [-0.39, 0.29) is 17.1 Å². The first-order chi connectivity index (χ1) is 16.0. The van der Waals surface area contributed by atoms with Crippen LogP contribution in [0, 0.1) is 0 Å². The molecule has 0 aromatic heterocycles. The van der Waals surface area contributed by atoms with Gasteiger partial charge < -0.3 is 9.47 Å². The molecule has 0 radical (unpaired) electrons. The molecule has 0 bridgehead atoms. The van der Waals surface area contributed by atoms with Gasteiger partial charge in [-0.2, -0.15) is 4.31 Å². The predicted molar refractivity (Wildman–Crippen MR) is 126 cm³/mol. The van der Waals surface area contributed by atoms with Gasteiger partial charge in [0.2, 0.25) is 10.0 Å². The van der Waals surface area contributed by atoms with Crippen LogP contribution in [0.15, 0.2) is 53.4 Å². The summed E-state index contributed by atoms with van der Waals surface area (Å²) in [6.45, 7) is 5.64. The molecule has 2 saturated heterocycles. The quantitative estimate of drug-likeness (QED) is 0.522. The van der Waals surface area contributed by atoms with E-state index < -0.39 is 10.0 Å². The first kappa shape index (κ1) is 24.0. The second-order valence-electron chi connectivity index (χ2n) is 8.48. The summed E-state index contributed by atoms with van der Waals surface area (Å²) in [5.74, 6) is -0.0838. The summed E-state index contributed by atoms with van der Waals surface area (Å²) in [7, 11) is -3.71. The third-order valence-electron chi connectivity index (χ3n) is 6.21. The third kappa shape index (κ3) is 6.28. The normalized spacial score (nSPS) is 18.3. The Morgan fingerprint density at radius 1 is 0.879 bits per heavy atom. The van der Waals surface area contributed by atoms with Gasteiger partial charge in [-0.1, -0.05) is 42.5 Å². The minimum atomic E-state index is -3.71. The fraction of sp³-hybridized carbons (Fsp3) is 0.480. The Morgan fingerprint density at radius 3 is 2.24 bits per heavy atom. The number of ether oxygens (including phenoxy) is 2. The Balaban J connectivity index is 1.55. The Bertz CT molecular complexity index is 1030. The van der Waals surface area contributed by atoms with Crippen molar-refractivity contribution >= 4 is 15.8 Å². The summed E-state index contributed by atoms with van der Waals surface area (Å²) in [6.07, 6.45) is 1.74. The first-order valence-electron chi connectivity index (χ1n) is 11.6. The minimum Gasteiger partial charge on any atom is -0.379 e. The van der Waals surface area contributed by atoms with E-state index in [1.54, 1.807) is 12.1 Å². The van der Waals surface area contributed by atoms with E-state index in [0.29, 0.717) is 38.3 Å². The van der Waals surface area contributed by atoms with Crippen LogP contribution in [0.4, 0.5) is 0 Å². The number of morpholine rings is 2.